The Hall–Kier alpha value is -1.04. The highest BCUT2D eigenvalue weighted by atomic mass is 35.5. The fourth-order valence-corrected chi connectivity index (χ4v) is 1.76. The van der Waals surface area contributed by atoms with Crippen LogP contribution >= 0.6 is 23.2 Å². The van der Waals surface area contributed by atoms with Crippen molar-refractivity contribution in [3.05, 3.63) is 33.8 Å². The summed E-state index contributed by atoms with van der Waals surface area (Å²) in [7, 11) is 0. The van der Waals surface area contributed by atoms with E-state index in [-0.39, 0.29) is 5.78 Å². The molecule has 78 valence electrons. The van der Waals surface area contributed by atoms with Gasteiger partial charge in [0.1, 0.15) is 5.92 Å². The zero-order chi connectivity index (χ0) is 11.4. The third-order valence-corrected chi connectivity index (χ3v) is 2.46. The average Bonchev–Trinajstić information content (AvgIpc) is 2.18. The fraction of sp³-hybridized carbons (Fsp3) is 0.273. The maximum atomic E-state index is 11.8. The van der Waals surface area contributed by atoms with E-state index in [1.165, 1.54) is 12.1 Å². The molecule has 1 atom stereocenters. The summed E-state index contributed by atoms with van der Waals surface area (Å²) in [6.45, 7) is 1.79. The molecule has 0 saturated carbocycles. The monoisotopic (exact) mass is 241 g/mol. The first kappa shape index (κ1) is 12.0. The molecule has 0 radical (unpaired) electrons. The van der Waals surface area contributed by atoms with E-state index in [4.69, 9.17) is 28.5 Å². The highest BCUT2D eigenvalue weighted by Crippen LogP contribution is 2.21. The summed E-state index contributed by atoms with van der Waals surface area (Å²) in [4.78, 5) is 11.8. The molecular weight excluding hydrogens is 233 g/mol. The second-order valence-corrected chi connectivity index (χ2v) is 3.99. The van der Waals surface area contributed by atoms with Crippen molar-refractivity contribution >= 4 is 29.0 Å². The van der Waals surface area contributed by atoms with Crippen LogP contribution in [0, 0.1) is 17.2 Å². The molecule has 0 heterocycles. The first-order chi connectivity index (χ1) is 7.08. The van der Waals surface area contributed by atoms with Crippen molar-refractivity contribution < 1.29 is 4.79 Å². The summed E-state index contributed by atoms with van der Waals surface area (Å²) in [6, 6.07) is 6.55. The smallest absolute Gasteiger partial charge is 0.180 e. The zero-order valence-corrected chi connectivity index (χ0v) is 9.64. The first-order valence-electron chi connectivity index (χ1n) is 4.48. The summed E-state index contributed by atoms with van der Waals surface area (Å²) in [5, 5.41) is 9.56. The number of rotatable bonds is 3. The van der Waals surface area contributed by atoms with Gasteiger partial charge >= 0.3 is 0 Å². The van der Waals surface area contributed by atoms with Gasteiger partial charge in [-0.15, -0.1) is 0 Å². The zero-order valence-electron chi connectivity index (χ0n) is 8.13. The Kier molecular flexibility index (Phi) is 4.14. The lowest BCUT2D eigenvalue weighted by molar-refractivity contribution is 0.0946. The summed E-state index contributed by atoms with van der Waals surface area (Å²) >= 11 is 11.5. The van der Waals surface area contributed by atoms with Crippen molar-refractivity contribution in [2.24, 2.45) is 5.92 Å². The van der Waals surface area contributed by atoms with Crippen LogP contribution in [0.2, 0.25) is 10.0 Å². The van der Waals surface area contributed by atoms with Gasteiger partial charge in [0.25, 0.3) is 0 Å². The molecule has 0 aliphatic heterocycles. The first-order valence-corrected chi connectivity index (χ1v) is 5.24. The van der Waals surface area contributed by atoms with Gasteiger partial charge in [0.15, 0.2) is 5.78 Å². The Morgan fingerprint density at radius 2 is 1.93 bits per heavy atom. The largest absolute Gasteiger partial charge is 0.293 e. The number of nitrogens with zero attached hydrogens (tertiary/aromatic N) is 1. The Bertz CT molecular complexity index is 403. The summed E-state index contributed by atoms with van der Waals surface area (Å²) in [5.41, 5.74) is 0.390. The molecular formula is C11H9Cl2NO. The number of ketones is 1. The molecule has 0 fully saturated rings. The molecule has 0 N–H and O–H groups in total. The Balaban J connectivity index is 3.06. The highest BCUT2D eigenvalue weighted by Gasteiger charge is 2.18. The SMILES string of the molecule is CCC(C#N)C(=O)c1cc(Cl)cc(Cl)c1. The molecule has 2 nitrogen and oxygen atoms in total. The lowest BCUT2D eigenvalue weighted by Gasteiger charge is -2.05. The number of benzene rings is 1. The third-order valence-electron chi connectivity index (χ3n) is 2.03. The van der Waals surface area contributed by atoms with E-state index in [9.17, 15) is 4.79 Å². The van der Waals surface area contributed by atoms with Gasteiger partial charge in [0.2, 0.25) is 0 Å². The van der Waals surface area contributed by atoms with Crippen LogP contribution in [0.25, 0.3) is 0 Å². The standard InChI is InChI=1S/C11H9Cl2NO/c1-2-7(6-14)11(15)8-3-9(12)5-10(13)4-8/h3-5,7H,2H2,1H3. The molecule has 0 aliphatic carbocycles. The molecule has 15 heavy (non-hydrogen) atoms. The van der Waals surface area contributed by atoms with Gasteiger partial charge in [-0.2, -0.15) is 5.26 Å². The van der Waals surface area contributed by atoms with Crippen molar-refractivity contribution in [2.75, 3.05) is 0 Å². The van der Waals surface area contributed by atoms with Crippen molar-refractivity contribution in [1.29, 1.82) is 5.26 Å². The van der Waals surface area contributed by atoms with Crippen LogP contribution in [-0.2, 0) is 0 Å². The quantitative estimate of drug-likeness (QED) is 0.757. The number of carbonyl (C=O) groups is 1. The van der Waals surface area contributed by atoms with Gasteiger partial charge in [0, 0.05) is 15.6 Å². The summed E-state index contributed by atoms with van der Waals surface area (Å²) in [5.74, 6) is -0.857. The van der Waals surface area contributed by atoms with Crippen molar-refractivity contribution in [1.82, 2.24) is 0 Å². The van der Waals surface area contributed by atoms with E-state index in [0.29, 0.717) is 22.0 Å². The predicted molar refractivity (Wildman–Crippen MR) is 60.2 cm³/mol. The molecule has 1 rings (SSSR count). The molecule has 4 heteroatoms. The van der Waals surface area contributed by atoms with E-state index in [2.05, 4.69) is 0 Å². The van der Waals surface area contributed by atoms with Crippen LogP contribution < -0.4 is 0 Å². The van der Waals surface area contributed by atoms with E-state index in [0.717, 1.165) is 0 Å². The lowest BCUT2D eigenvalue weighted by Crippen LogP contribution is -2.11. The number of hydrogen-bond acceptors (Lipinski definition) is 2. The maximum Gasteiger partial charge on any atom is 0.180 e. The molecule has 1 aromatic carbocycles. The van der Waals surface area contributed by atoms with Gasteiger partial charge in [-0.1, -0.05) is 30.1 Å². The molecule has 1 aromatic rings. The molecule has 0 aromatic heterocycles. The van der Waals surface area contributed by atoms with Gasteiger partial charge in [0.05, 0.1) is 6.07 Å². The third kappa shape index (κ3) is 2.95. The normalized spacial score (nSPS) is 11.9. The van der Waals surface area contributed by atoms with Crippen molar-refractivity contribution in [3.8, 4) is 6.07 Å². The topological polar surface area (TPSA) is 40.9 Å². The predicted octanol–water partition coefficient (Wildman–Crippen LogP) is 3.73. The Morgan fingerprint density at radius 3 is 2.33 bits per heavy atom. The lowest BCUT2D eigenvalue weighted by atomic mass is 9.97. The summed E-state index contributed by atoms with van der Waals surface area (Å²) in [6.07, 6.45) is 0.486. The fourth-order valence-electron chi connectivity index (χ4n) is 1.23. The second kappa shape index (κ2) is 5.16. The molecule has 0 bridgehead atoms. The Morgan fingerprint density at radius 1 is 1.40 bits per heavy atom. The number of Topliss-reactive ketones (excluding diaryl/α,β-unsaturated/α-hetero) is 1. The minimum Gasteiger partial charge on any atom is -0.293 e. The van der Waals surface area contributed by atoms with Gasteiger partial charge < -0.3 is 0 Å². The average molecular weight is 242 g/mol. The van der Waals surface area contributed by atoms with Gasteiger partial charge in [-0.3, -0.25) is 4.79 Å². The van der Waals surface area contributed by atoms with Crippen molar-refractivity contribution in [3.63, 3.8) is 0 Å². The molecule has 0 spiro atoms. The van der Waals surface area contributed by atoms with Crippen LogP contribution in [0.15, 0.2) is 18.2 Å². The van der Waals surface area contributed by atoms with E-state index >= 15 is 0 Å². The summed E-state index contributed by atoms with van der Waals surface area (Å²) < 4.78 is 0. The minimum atomic E-state index is -0.625. The molecule has 0 aliphatic rings. The van der Waals surface area contributed by atoms with E-state index in [1.807, 2.05) is 6.07 Å². The van der Waals surface area contributed by atoms with Crippen LogP contribution in [0.4, 0.5) is 0 Å². The number of nitriles is 1. The maximum absolute atomic E-state index is 11.8. The van der Waals surface area contributed by atoms with Crippen LogP contribution in [-0.4, -0.2) is 5.78 Å². The second-order valence-electron chi connectivity index (χ2n) is 3.11. The molecule has 0 amide bonds. The molecule has 0 saturated heterocycles. The molecule has 1 unspecified atom stereocenters. The number of carbonyl (C=O) groups excluding carboxylic acids is 1. The van der Waals surface area contributed by atoms with Crippen molar-refractivity contribution in [2.45, 2.75) is 13.3 Å². The van der Waals surface area contributed by atoms with Gasteiger partial charge in [-0.05, 0) is 24.6 Å². The highest BCUT2D eigenvalue weighted by molar-refractivity contribution is 6.35. The van der Waals surface area contributed by atoms with E-state index < -0.39 is 5.92 Å². The number of hydrogen-bond donors (Lipinski definition) is 0. The minimum absolute atomic E-state index is 0.232. The van der Waals surface area contributed by atoms with Crippen LogP contribution in [0.1, 0.15) is 23.7 Å². The van der Waals surface area contributed by atoms with Crippen LogP contribution in [0.5, 0.6) is 0 Å². The Labute approximate surface area is 98.4 Å². The van der Waals surface area contributed by atoms with Gasteiger partial charge in [-0.25, -0.2) is 0 Å². The number of halogens is 2. The van der Waals surface area contributed by atoms with Crippen LogP contribution in [0.3, 0.4) is 0 Å². The van der Waals surface area contributed by atoms with E-state index in [1.54, 1.807) is 13.0 Å².